The number of hydrogen-bond donors (Lipinski definition) is 1. The van der Waals surface area contributed by atoms with Crippen molar-refractivity contribution in [3.05, 3.63) is 70.7 Å². The molecule has 0 aliphatic rings. The normalized spacial score (nSPS) is 11.9. The average molecular weight is 483 g/mol. The minimum atomic E-state index is -3.71. The van der Waals surface area contributed by atoms with E-state index in [4.69, 9.17) is 4.52 Å². The van der Waals surface area contributed by atoms with Gasteiger partial charge in [-0.2, -0.15) is 0 Å². The van der Waals surface area contributed by atoms with E-state index >= 15 is 0 Å². The Morgan fingerprint density at radius 1 is 1.09 bits per heavy atom. The van der Waals surface area contributed by atoms with Crippen LogP contribution >= 0.6 is 0 Å². The summed E-state index contributed by atoms with van der Waals surface area (Å²) in [4.78, 5) is 17.8. The summed E-state index contributed by atoms with van der Waals surface area (Å²) in [6.45, 7) is 5.23. The van der Waals surface area contributed by atoms with Crippen molar-refractivity contribution in [1.82, 2.24) is 14.4 Å². The first kappa shape index (κ1) is 23.5. The predicted molar refractivity (Wildman–Crippen MR) is 127 cm³/mol. The van der Waals surface area contributed by atoms with Gasteiger partial charge >= 0.3 is 0 Å². The molecular formula is C24H23FN4O4S. The SMILES string of the molecule is Cc1cc(S(=O)(=O)N(C)C)cc(NC(=O)c2cc(-c3ccccc3F)nc3onc(C)c23)c1C. The summed E-state index contributed by atoms with van der Waals surface area (Å²) in [5.41, 5.74) is 2.91. The summed E-state index contributed by atoms with van der Waals surface area (Å²) in [5, 5.41) is 7.11. The number of amides is 1. The van der Waals surface area contributed by atoms with Gasteiger partial charge in [0.25, 0.3) is 11.6 Å². The molecule has 0 unspecified atom stereocenters. The molecule has 34 heavy (non-hydrogen) atoms. The number of anilines is 1. The Morgan fingerprint density at radius 3 is 2.47 bits per heavy atom. The van der Waals surface area contributed by atoms with Crippen LogP contribution in [0.15, 0.2) is 51.9 Å². The molecule has 0 atom stereocenters. The Hall–Kier alpha value is -3.63. The Balaban J connectivity index is 1.84. The molecule has 0 aliphatic carbocycles. The van der Waals surface area contributed by atoms with Gasteiger partial charge in [0.1, 0.15) is 5.82 Å². The number of sulfonamides is 1. The molecule has 2 heterocycles. The topological polar surface area (TPSA) is 105 Å². The maximum absolute atomic E-state index is 14.4. The lowest BCUT2D eigenvalue weighted by Gasteiger charge is -2.17. The first-order valence-corrected chi connectivity index (χ1v) is 11.8. The highest BCUT2D eigenvalue weighted by Gasteiger charge is 2.23. The Morgan fingerprint density at radius 2 is 1.79 bits per heavy atom. The van der Waals surface area contributed by atoms with Gasteiger partial charge in [-0.15, -0.1) is 0 Å². The third kappa shape index (κ3) is 4.06. The highest BCUT2D eigenvalue weighted by molar-refractivity contribution is 7.89. The van der Waals surface area contributed by atoms with E-state index in [9.17, 15) is 17.6 Å². The van der Waals surface area contributed by atoms with E-state index in [-0.39, 0.29) is 27.4 Å². The number of halogens is 1. The van der Waals surface area contributed by atoms with Crippen molar-refractivity contribution < 1.29 is 22.1 Å². The van der Waals surface area contributed by atoms with Gasteiger partial charge < -0.3 is 9.84 Å². The van der Waals surface area contributed by atoms with Crippen molar-refractivity contribution in [3.8, 4) is 11.3 Å². The van der Waals surface area contributed by atoms with Gasteiger partial charge in [0.15, 0.2) is 0 Å². The second kappa shape index (κ2) is 8.62. The number of pyridine rings is 1. The van der Waals surface area contributed by atoms with E-state index in [0.717, 1.165) is 4.31 Å². The van der Waals surface area contributed by atoms with Gasteiger partial charge in [-0.1, -0.05) is 17.3 Å². The third-order valence-corrected chi connectivity index (χ3v) is 7.47. The van der Waals surface area contributed by atoms with Crippen LogP contribution in [-0.2, 0) is 10.0 Å². The first-order chi connectivity index (χ1) is 16.0. The molecule has 0 spiro atoms. The lowest BCUT2D eigenvalue weighted by atomic mass is 10.0. The second-order valence-electron chi connectivity index (χ2n) is 8.14. The molecule has 0 saturated carbocycles. The van der Waals surface area contributed by atoms with Crippen LogP contribution < -0.4 is 5.32 Å². The number of aryl methyl sites for hydroxylation is 2. The van der Waals surface area contributed by atoms with E-state index in [1.54, 1.807) is 45.0 Å². The number of nitrogens with one attached hydrogen (secondary N) is 1. The van der Waals surface area contributed by atoms with Gasteiger partial charge in [0.05, 0.1) is 27.2 Å². The van der Waals surface area contributed by atoms with E-state index in [1.807, 2.05) is 0 Å². The molecule has 0 bridgehead atoms. The van der Waals surface area contributed by atoms with Crippen LogP contribution in [0.25, 0.3) is 22.4 Å². The zero-order valence-electron chi connectivity index (χ0n) is 19.3. The minimum Gasteiger partial charge on any atom is -0.335 e. The molecule has 8 nitrogen and oxygen atoms in total. The van der Waals surface area contributed by atoms with Crippen LogP contribution in [0.1, 0.15) is 27.2 Å². The van der Waals surface area contributed by atoms with E-state index in [2.05, 4.69) is 15.5 Å². The zero-order valence-corrected chi connectivity index (χ0v) is 20.1. The quantitative estimate of drug-likeness (QED) is 0.450. The molecule has 4 rings (SSSR count). The molecule has 0 fully saturated rings. The molecule has 10 heteroatoms. The van der Waals surface area contributed by atoms with E-state index in [0.29, 0.717) is 27.9 Å². The second-order valence-corrected chi connectivity index (χ2v) is 10.3. The van der Waals surface area contributed by atoms with Crippen LogP contribution in [0.4, 0.5) is 10.1 Å². The van der Waals surface area contributed by atoms with Gasteiger partial charge in [0.2, 0.25) is 10.0 Å². The lowest BCUT2D eigenvalue weighted by Crippen LogP contribution is -2.23. The molecule has 1 N–H and O–H groups in total. The molecular weight excluding hydrogens is 459 g/mol. The summed E-state index contributed by atoms with van der Waals surface area (Å²) >= 11 is 0. The molecule has 2 aromatic heterocycles. The van der Waals surface area contributed by atoms with Crippen molar-refractivity contribution in [2.75, 3.05) is 19.4 Å². The van der Waals surface area contributed by atoms with Crippen LogP contribution in [0, 0.1) is 26.6 Å². The van der Waals surface area contributed by atoms with E-state index in [1.165, 1.54) is 32.3 Å². The third-order valence-electron chi connectivity index (χ3n) is 5.68. The van der Waals surface area contributed by atoms with Crippen LogP contribution in [0.3, 0.4) is 0 Å². The van der Waals surface area contributed by atoms with Crippen molar-refractivity contribution in [1.29, 1.82) is 0 Å². The maximum atomic E-state index is 14.4. The predicted octanol–water partition coefficient (Wildman–Crippen LogP) is 4.46. The fraction of sp³-hybridized carbons (Fsp3) is 0.208. The number of benzene rings is 2. The number of hydrogen-bond acceptors (Lipinski definition) is 6. The molecule has 0 aliphatic heterocycles. The monoisotopic (exact) mass is 482 g/mol. The van der Waals surface area contributed by atoms with Crippen molar-refractivity contribution in [3.63, 3.8) is 0 Å². The zero-order chi connectivity index (χ0) is 24.8. The van der Waals surface area contributed by atoms with Gasteiger partial charge in [-0.3, -0.25) is 4.79 Å². The Labute approximate surface area is 196 Å². The van der Waals surface area contributed by atoms with Crippen LogP contribution in [-0.4, -0.2) is 42.9 Å². The molecule has 176 valence electrons. The fourth-order valence-corrected chi connectivity index (χ4v) is 4.60. The number of fused-ring (bicyclic) bond motifs is 1. The smallest absolute Gasteiger partial charge is 0.259 e. The summed E-state index contributed by atoms with van der Waals surface area (Å²) in [5.74, 6) is -1.02. The first-order valence-electron chi connectivity index (χ1n) is 10.4. The standard InChI is InChI=1S/C24H23FN4O4S/c1-13-10-16(34(31,32)29(4)5)11-20(14(13)2)26-23(30)18-12-21(17-8-6-7-9-19(17)25)27-24-22(18)15(3)28-33-24/h6-12H,1-5H3,(H,26,30). The molecule has 1 amide bonds. The molecule has 0 radical (unpaired) electrons. The summed E-state index contributed by atoms with van der Waals surface area (Å²) in [7, 11) is -0.834. The lowest BCUT2D eigenvalue weighted by molar-refractivity contribution is 0.102. The van der Waals surface area contributed by atoms with Gasteiger partial charge in [0, 0.05) is 25.3 Å². The Kier molecular flexibility index (Phi) is 5.96. The minimum absolute atomic E-state index is 0.0592. The highest BCUT2D eigenvalue weighted by Crippen LogP contribution is 2.30. The number of rotatable bonds is 5. The van der Waals surface area contributed by atoms with Crippen molar-refractivity contribution >= 4 is 32.7 Å². The Bertz CT molecular complexity index is 1540. The summed E-state index contributed by atoms with van der Waals surface area (Å²) < 4.78 is 46.2. The summed E-state index contributed by atoms with van der Waals surface area (Å²) in [6.07, 6.45) is 0. The maximum Gasteiger partial charge on any atom is 0.259 e. The van der Waals surface area contributed by atoms with Crippen molar-refractivity contribution in [2.24, 2.45) is 0 Å². The van der Waals surface area contributed by atoms with Crippen molar-refractivity contribution in [2.45, 2.75) is 25.7 Å². The number of carbonyl (C=O) groups is 1. The molecule has 0 saturated heterocycles. The fourth-order valence-electron chi connectivity index (χ4n) is 3.59. The largest absolute Gasteiger partial charge is 0.335 e. The molecule has 2 aromatic carbocycles. The van der Waals surface area contributed by atoms with E-state index < -0.39 is 21.7 Å². The summed E-state index contributed by atoms with van der Waals surface area (Å²) in [6, 6.07) is 10.5. The molecule has 4 aromatic rings. The van der Waals surface area contributed by atoms with Gasteiger partial charge in [-0.25, -0.2) is 22.1 Å². The van der Waals surface area contributed by atoms with Gasteiger partial charge in [-0.05, 0) is 62.2 Å². The number of aromatic nitrogens is 2. The van der Waals surface area contributed by atoms with Crippen LogP contribution in [0.2, 0.25) is 0 Å². The number of carbonyl (C=O) groups excluding carboxylic acids is 1. The van der Waals surface area contributed by atoms with Crippen LogP contribution in [0.5, 0.6) is 0 Å². The number of nitrogens with zero attached hydrogens (tertiary/aromatic N) is 3. The highest BCUT2D eigenvalue weighted by atomic mass is 32.2. The average Bonchev–Trinajstić information content (AvgIpc) is 3.16.